The summed E-state index contributed by atoms with van der Waals surface area (Å²) in [6.45, 7) is 6.26. The number of benzene rings is 1. The van der Waals surface area contributed by atoms with Gasteiger partial charge in [-0.25, -0.2) is 0 Å². The van der Waals surface area contributed by atoms with Gasteiger partial charge in [-0.1, -0.05) is 37.6 Å². The SMILES string of the molecule is Cc1cccc(S(=O)(=O)OC2CCC3(C)C(=CC(O)C4C5CCC(=O)C5(C)CCC43)C2)c1. The van der Waals surface area contributed by atoms with Crippen LogP contribution in [0.5, 0.6) is 0 Å². The van der Waals surface area contributed by atoms with Crippen molar-refractivity contribution in [3.63, 3.8) is 0 Å². The molecule has 174 valence electrons. The van der Waals surface area contributed by atoms with E-state index in [0.29, 0.717) is 31.0 Å². The Morgan fingerprint density at radius 3 is 2.53 bits per heavy atom. The molecule has 1 N–H and O–H groups in total. The summed E-state index contributed by atoms with van der Waals surface area (Å²) in [5.74, 6) is 1.05. The van der Waals surface area contributed by atoms with Crippen LogP contribution in [0.15, 0.2) is 40.8 Å². The van der Waals surface area contributed by atoms with Gasteiger partial charge in [0.15, 0.2) is 0 Å². The van der Waals surface area contributed by atoms with Crippen LogP contribution in [0.25, 0.3) is 0 Å². The highest BCUT2D eigenvalue weighted by atomic mass is 32.2. The zero-order valence-corrected chi connectivity index (χ0v) is 20.0. The van der Waals surface area contributed by atoms with Gasteiger partial charge in [-0.2, -0.15) is 8.42 Å². The second-order valence-electron chi connectivity index (χ2n) is 11.0. The molecule has 1 aromatic rings. The quantitative estimate of drug-likeness (QED) is 0.530. The molecule has 5 nitrogen and oxygen atoms in total. The van der Waals surface area contributed by atoms with Crippen LogP contribution in [0.3, 0.4) is 0 Å². The van der Waals surface area contributed by atoms with Gasteiger partial charge in [-0.15, -0.1) is 0 Å². The fourth-order valence-electron chi connectivity index (χ4n) is 7.48. The third-order valence-corrected chi connectivity index (χ3v) is 10.7. The molecule has 0 aromatic heterocycles. The number of hydrogen-bond donors (Lipinski definition) is 1. The van der Waals surface area contributed by atoms with Crippen molar-refractivity contribution in [3.8, 4) is 0 Å². The fourth-order valence-corrected chi connectivity index (χ4v) is 8.68. The van der Waals surface area contributed by atoms with E-state index >= 15 is 0 Å². The van der Waals surface area contributed by atoms with Crippen LogP contribution < -0.4 is 0 Å². The number of ketones is 1. The first-order valence-corrected chi connectivity index (χ1v) is 13.4. The Bertz CT molecular complexity index is 1080. The summed E-state index contributed by atoms with van der Waals surface area (Å²) in [6.07, 6.45) is 6.40. The van der Waals surface area contributed by atoms with Gasteiger partial charge in [0.05, 0.1) is 17.1 Å². The van der Waals surface area contributed by atoms with E-state index in [9.17, 15) is 18.3 Å². The van der Waals surface area contributed by atoms with Gasteiger partial charge in [-0.05, 0) is 86.3 Å². The van der Waals surface area contributed by atoms with E-state index in [2.05, 4.69) is 13.8 Å². The summed E-state index contributed by atoms with van der Waals surface area (Å²) in [4.78, 5) is 12.8. The van der Waals surface area contributed by atoms with Crippen molar-refractivity contribution in [2.24, 2.45) is 28.6 Å². The lowest BCUT2D eigenvalue weighted by molar-refractivity contribution is -0.135. The number of carbonyl (C=O) groups excluding carboxylic acids is 1. The monoisotopic (exact) mass is 458 g/mol. The van der Waals surface area contributed by atoms with Crippen molar-refractivity contribution in [3.05, 3.63) is 41.5 Å². The van der Waals surface area contributed by atoms with Gasteiger partial charge in [0.2, 0.25) is 0 Å². The van der Waals surface area contributed by atoms with Crippen molar-refractivity contribution >= 4 is 15.9 Å². The number of Topliss-reactive ketones (excluding diaryl/α,β-unsaturated/α-hetero) is 1. The Kier molecular flexibility index (Phi) is 5.23. The van der Waals surface area contributed by atoms with E-state index in [0.717, 1.165) is 36.8 Å². The predicted molar refractivity (Wildman–Crippen MR) is 121 cm³/mol. The third-order valence-electron chi connectivity index (χ3n) is 9.33. The lowest BCUT2D eigenvalue weighted by atomic mass is 9.47. The molecular weight excluding hydrogens is 424 g/mol. The van der Waals surface area contributed by atoms with E-state index in [-0.39, 0.29) is 27.6 Å². The molecule has 6 heteroatoms. The summed E-state index contributed by atoms with van der Waals surface area (Å²) < 4.78 is 31.4. The highest BCUT2D eigenvalue weighted by molar-refractivity contribution is 7.86. The van der Waals surface area contributed by atoms with Gasteiger partial charge < -0.3 is 5.11 Å². The van der Waals surface area contributed by atoms with E-state index in [1.807, 2.05) is 19.1 Å². The molecule has 3 fully saturated rings. The topological polar surface area (TPSA) is 80.7 Å². The Morgan fingerprint density at radius 2 is 1.78 bits per heavy atom. The minimum atomic E-state index is -3.83. The zero-order chi connectivity index (χ0) is 22.9. The Hall–Kier alpha value is -1.50. The molecule has 7 atom stereocenters. The molecule has 7 unspecified atom stereocenters. The van der Waals surface area contributed by atoms with Crippen LogP contribution in [-0.4, -0.2) is 31.5 Å². The van der Waals surface area contributed by atoms with Crippen molar-refractivity contribution in [2.75, 3.05) is 0 Å². The maximum Gasteiger partial charge on any atom is 0.297 e. The number of hydrogen-bond acceptors (Lipinski definition) is 5. The second-order valence-corrected chi connectivity index (χ2v) is 12.6. The lowest BCUT2D eigenvalue weighted by Gasteiger charge is -2.58. The molecule has 0 aliphatic heterocycles. The first kappa shape index (κ1) is 22.3. The predicted octanol–water partition coefficient (Wildman–Crippen LogP) is 4.57. The van der Waals surface area contributed by atoms with Gasteiger partial charge in [-0.3, -0.25) is 8.98 Å². The largest absolute Gasteiger partial charge is 0.389 e. The molecule has 5 rings (SSSR count). The maximum atomic E-state index is 12.9. The molecule has 0 amide bonds. The molecule has 0 radical (unpaired) electrons. The van der Waals surface area contributed by atoms with E-state index in [1.54, 1.807) is 18.2 Å². The number of aryl methyl sites for hydroxylation is 1. The van der Waals surface area contributed by atoms with Crippen molar-refractivity contribution in [1.82, 2.24) is 0 Å². The van der Waals surface area contributed by atoms with Gasteiger partial charge in [0, 0.05) is 11.8 Å². The van der Waals surface area contributed by atoms with Crippen molar-refractivity contribution in [1.29, 1.82) is 0 Å². The average Bonchev–Trinajstić information content (AvgIpc) is 3.04. The smallest absolute Gasteiger partial charge is 0.297 e. The third kappa shape index (κ3) is 3.33. The Balaban J connectivity index is 1.39. The van der Waals surface area contributed by atoms with Crippen LogP contribution in [0.2, 0.25) is 0 Å². The van der Waals surface area contributed by atoms with Gasteiger partial charge in [0.1, 0.15) is 5.78 Å². The maximum absolute atomic E-state index is 12.9. The Morgan fingerprint density at radius 1 is 1.06 bits per heavy atom. The van der Waals surface area contributed by atoms with Crippen LogP contribution in [0, 0.1) is 35.5 Å². The van der Waals surface area contributed by atoms with E-state index in [1.165, 1.54) is 0 Å². The Labute approximate surface area is 191 Å². The first-order valence-electron chi connectivity index (χ1n) is 12.0. The highest BCUT2D eigenvalue weighted by Gasteiger charge is 2.60. The zero-order valence-electron chi connectivity index (χ0n) is 19.2. The summed E-state index contributed by atoms with van der Waals surface area (Å²) in [5, 5.41) is 11.2. The van der Waals surface area contributed by atoms with Crippen LogP contribution in [-0.2, 0) is 19.1 Å². The molecule has 0 bridgehead atoms. The first-order chi connectivity index (χ1) is 15.0. The molecular formula is C26H34O5S. The minimum absolute atomic E-state index is 0.0657. The summed E-state index contributed by atoms with van der Waals surface area (Å²) >= 11 is 0. The molecule has 0 saturated heterocycles. The highest BCUT2D eigenvalue weighted by Crippen LogP contribution is 2.64. The van der Waals surface area contributed by atoms with Crippen molar-refractivity contribution in [2.45, 2.75) is 82.8 Å². The summed E-state index contributed by atoms with van der Waals surface area (Å²) in [7, 11) is -3.83. The second kappa shape index (κ2) is 7.51. The molecule has 32 heavy (non-hydrogen) atoms. The lowest BCUT2D eigenvalue weighted by Crippen LogP contribution is -2.54. The standard InChI is InChI=1S/C26H34O5S/c1-16-5-4-6-19(13-16)32(29,30)31-18-9-11-25(2)17(14-18)15-22(27)24-20-7-8-23(28)26(20,3)12-10-21(24)25/h4-6,13,15,18,20-22,24,27H,7-12,14H2,1-3H3. The van der Waals surface area contributed by atoms with E-state index < -0.39 is 22.3 Å². The average molecular weight is 459 g/mol. The van der Waals surface area contributed by atoms with E-state index in [4.69, 9.17) is 4.18 Å². The molecule has 0 heterocycles. The normalized spacial score (nSPS) is 41.4. The number of aliphatic hydroxyl groups is 1. The molecule has 4 aliphatic carbocycles. The van der Waals surface area contributed by atoms with Crippen LogP contribution >= 0.6 is 0 Å². The number of aliphatic hydroxyl groups excluding tert-OH is 1. The van der Waals surface area contributed by atoms with Crippen molar-refractivity contribution < 1.29 is 22.5 Å². The number of fused-ring (bicyclic) bond motifs is 5. The summed E-state index contributed by atoms with van der Waals surface area (Å²) in [6, 6.07) is 6.81. The van der Waals surface area contributed by atoms with Gasteiger partial charge in [0.25, 0.3) is 10.1 Å². The molecule has 4 aliphatic rings. The van der Waals surface area contributed by atoms with Crippen LogP contribution in [0.1, 0.15) is 64.4 Å². The number of carbonyl (C=O) groups is 1. The van der Waals surface area contributed by atoms with Crippen LogP contribution in [0.4, 0.5) is 0 Å². The summed E-state index contributed by atoms with van der Waals surface area (Å²) in [5.41, 5.74) is 1.66. The molecule has 1 aromatic carbocycles. The fraction of sp³-hybridized carbons (Fsp3) is 0.654. The molecule has 0 spiro atoms. The number of rotatable bonds is 3. The minimum Gasteiger partial charge on any atom is -0.389 e. The molecule has 3 saturated carbocycles. The van der Waals surface area contributed by atoms with Gasteiger partial charge >= 0.3 is 0 Å².